The lowest BCUT2D eigenvalue weighted by molar-refractivity contribution is -0.135. The predicted octanol–water partition coefficient (Wildman–Crippen LogP) is 2.70. The van der Waals surface area contributed by atoms with Crippen LogP contribution in [0.1, 0.15) is 51.4 Å². The fourth-order valence-electron chi connectivity index (χ4n) is 4.21. The van der Waals surface area contributed by atoms with Crippen LogP contribution in [0.25, 0.3) is 0 Å². The summed E-state index contributed by atoms with van der Waals surface area (Å²) in [4.78, 5) is 17.3. The summed E-state index contributed by atoms with van der Waals surface area (Å²) in [5.41, 5.74) is 0. The summed E-state index contributed by atoms with van der Waals surface area (Å²) in [5.74, 6) is 1.07. The third-order valence-electron chi connectivity index (χ3n) is 5.40. The molecule has 0 aromatic carbocycles. The van der Waals surface area contributed by atoms with Crippen molar-refractivity contribution in [1.82, 2.24) is 15.1 Å². The summed E-state index contributed by atoms with van der Waals surface area (Å²) >= 11 is 0. The lowest BCUT2D eigenvalue weighted by atomic mass is 9.96. The minimum absolute atomic E-state index is 0. The van der Waals surface area contributed by atoms with Gasteiger partial charge in [-0.1, -0.05) is 12.8 Å². The maximum Gasteiger partial charge on any atom is 0.239 e. The first kappa shape index (κ1) is 21.0. The Labute approximate surface area is 153 Å². The standard InChI is InChI=1S/C17H31N3O.2ClH/c21-17(16-8-5-9-18-16)20-12-6-7-15(14-20)13-19-10-3-1-2-4-11-19;;/h15-16,18H,1-14H2;2*1H. The Bertz CT molecular complexity index is 343. The van der Waals surface area contributed by atoms with Crippen molar-refractivity contribution in [3.63, 3.8) is 0 Å². The number of hydrogen-bond donors (Lipinski definition) is 1. The predicted molar refractivity (Wildman–Crippen MR) is 99.7 cm³/mol. The van der Waals surface area contributed by atoms with Crippen molar-refractivity contribution < 1.29 is 4.79 Å². The summed E-state index contributed by atoms with van der Waals surface area (Å²) < 4.78 is 0. The quantitative estimate of drug-likeness (QED) is 0.834. The molecule has 0 aromatic heterocycles. The number of halogens is 2. The van der Waals surface area contributed by atoms with Crippen LogP contribution in [0.5, 0.6) is 0 Å². The van der Waals surface area contributed by atoms with Gasteiger partial charge in [0.2, 0.25) is 5.91 Å². The summed E-state index contributed by atoms with van der Waals surface area (Å²) in [6, 6.07) is 0.113. The van der Waals surface area contributed by atoms with E-state index in [9.17, 15) is 4.79 Å². The van der Waals surface area contributed by atoms with Crippen LogP contribution >= 0.6 is 24.8 Å². The number of nitrogens with one attached hydrogen (secondary N) is 1. The van der Waals surface area contributed by atoms with Gasteiger partial charge in [-0.25, -0.2) is 0 Å². The summed E-state index contributed by atoms with van der Waals surface area (Å²) in [7, 11) is 0. The molecule has 3 aliphatic rings. The Morgan fingerprint density at radius 3 is 2.30 bits per heavy atom. The minimum atomic E-state index is 0. The third kappa shape index (κ3) is 6.08. The zero-order chi connectivity index (χ0) is 14.5. The molecule has 2 atom stereocenters. The molecule has 1 N–H and O–H groups in total. The zero-order valence-electron chi connectivity index (χ0n) is 14.2. The molecule has 3 rings (SSSR count). The van der Waals surface area contributed by atoms with E-state index >= 15 is 0 Å². The van der Waals surface area contributed by atoms with Gasteiger partial charge in [0.15, 0.2) is 0 Å². The van der Waals surface area contributed by atoms with Crippen LogP contribution in [0.4, 0.5) is 0 Å². The number of carbonyl (C=O) groups is 1. The Morgan fingerprint density at radius 2 is 1.65 bits per heavy atom. The van der Waals surface area contributed by atoms with Gasteiger partial charge in [-0.2, -0.15) is 0 Å². The number of rotatable bonds is 3. The molecule has 0 aromatic rings. The second kappa shape index (κ2) is 10.8. The lowest BCUT2D eigenvalue weighted by Gasteiger charge is -2.36. The van der Waals surface area contributed by atoms with Gasteiger partial charge in [-0.15, -0.1) is 24.8 Å². The SMILES string of the molecule is Cl.Cl.O=C(C1CCCN1)N1CCCC(CN2CCCCCC2)C1. The van der Waals surface area contributed by atoms with Gasteiger partial charge in [0.05, 0.1) is 6.04 Å². The van der Waals surface area contributed by atoms with Crippen molar-refractivity contribution >= 4 is 30.7 Å². The van der Waals surface area contributed by atoms with Crippen molar-refractivity contribution in [2.45, 2.75) is 57.4 Å². The Hall–Kier alpha value is -0.0300. The van der Waals surface area contributed by atoms with Crippen molar-refractivity contribution in [3.05, 3.63) is 0 Å². The topological polar surface area (TPSA) is 35.6 Å². The van der Waals surface area contributed by atoms with Gasteiger partial charge >= 0.3 is 0 Å². The van der Waals surface area contributed by atoms with Crippen LogP contribution in [0.15, 0.2) is 0 Å². The normalized spacial score (nSPS) is 29.3. The first-order chi connectivity index (χ1) is 10.3. The third-order valence-corrected chi connectivity index (χ3v) is 5.40. The molecular weight excluding hydrogens is 333 g/mol. The maximum absolute atomic E-state index is 12.5. The van der Waals surface area contributed by atoms with E-state index in [4.69, 9.17) is 0 Å². The maximum atomic E-state index is 12.5. The first-order valence-electron chi connectivity index (χ1n) is 9.07. The van der Waals surface area contributed by atoms with Crippen LogP contribution in [-0.2, 0) is 4.79 Å². The largest absolute Gasteiger partial charge is 0.341 e. The van der Waals surface area contributed by atoms with E-state index in [1.54, 1.807) is 0 Å². The molecule has 3 fully saturated rings. The fourth-order valence-corrected chi connectivity index (χ4v) is 4.21. The molecular formula is C17H33Cl2N3O. The van der Waals surface area contributed by atoms with Crippen LogP contribution in [0.2, 0.25) is 0 Å². The molecule has 0 aliphatic carbocycles. The van der Waals surface area contributed by atoms with E-state index in [0.29, 0.717) is 11.8 Å². The van der Waals surface area contributed by atoms with E-state index in [1.165, 1.54) is 58.2 Å². The van der Waals surface area contributed by atoms with Crippen molar-refractivity contribution in [3.8, 4) is 0 Å². The highest BCUT2D eigenvalue weighted by Crippen LogP contribution is 2.21. The van der Waals surface area contributed by atoms with Gasteiger partial charge in [0, 0.05) is 19.6 Å². The van der Waals surface area contributed by atoms with E-state index < -0.39 is 0 Å². The average molecular weight is 366 g/mol. The van der Waals surface area contributed by atoms with Crippen LogP contribution in [0, 0.1) is 5.92 Å². The number of likely N-dealkylation sites (tertiary alicyclic amines) is 2. The van der Waals surface area contributed by atoms with E-state index in [1.807, 2.05) is 0 Å². The molecule has 6 heteroatoms. The second-order valence-electron chi connectivity index (χ2n) is 7.16. The van der Waals surface area contributed by atoms with Crippen molar-refractivity contribution in [1.29, 1.82) is 0 Å². The number of hydrogen-bond acceptors (Lipinski definition) is 3. The molecule has 3 heterocycles. The highest BCUT2D eigenvalue weighted by molar-refractivity contribution is 5.85. The van der Waals surface area contributed by atoms with E-state index in [2.05, 4.69) is 15.1 Å². The summed E-state index contributed by atoms with van der Waals surface area (Å²) in [5, 5.41) is 3.36. The molecule has 0 saturated carbocycles. The van der Waals surface area contributed by atoms with Crippen LogP contribution in [0.3, 0.4) is 0 Å². The molecule has 4 nitrogen and oxygen atoms in total. The molecule has 23 heavy (non-hydrogen) atoms. The van der Waals surface area contributed by atoms with Gasteiger partial charge in [-0.05, 0) is 64.1 Å². The number of piperidine rings is 1. The van der Waals surface area contributed by atoms with Crippen LogP contribution in [-0.4, -0.2) is 61.0 Å². The van der Waals surface area contributed by atoms with Gasteiger partial charge in [0.1, 0.15) is 0 Å². The molecule has 0 spiro atoms. The van der Waals surface area contributed by atoms with Crippen molar-refractivity contribution in [2.24, 2.45) is 5.92 Å². The van der Waals surface area contributed by atoms with Crippen molar-refractivity contribution in [2.75, 3.05) is 39.3 Å². The summed E-state index contributed by atoms with van der Waals surface area (Å²) in [6.07, 6.45) is 10.2. The zero-order valence-corrected chi connectivity index (χ0v) is 15.8. The number of nitrogens with zero attached hydrogens (tertiary/aromatic N) is 2. The van der Waals surface area contributed by atoms with E-state index in [-0.39, 0.29) is 30.9 Å². The van der Waals surface area contributed by atoms with Gasteiger partial charge in [0.25, 0.3) is 0 Å². The second-order valence-corrected chi connectivity index (χ2v) is 7.16. The lowest BCUT2D eigenvalue weighted by Crippen LogP contribution is -2.49. The minimum Gasteiger partial charge on any atom is -0.341 e. The van der Waals surface area contributed by atoms with Crippen LogP contribution < -0.4 is 5.32 Å². The molecule has 2 unspecified atom stereocenters. The number of amides is 1. The first-order valence-corrected chi connectivity index (χ1v) is 9.07. The molecule has 3 aliphatic heterocycles. The Balaban J connectivity index is 0.00000132. The monoisotopic (exact) mass is 365 g/mol. The molecule has 136 valence electrons. The molecule has 3 saturated heterocycles. The van der Waals surface area contributed by atoms with E-state index in [0.717, 1.165) is 32.5 Å². The highest BCUT2D eigenvalue weighted by atomic mass is 35.5. The van der Waals surface area contributed by atoms with Gasteiger partial charge < -0.3 is 15.1 Å². The highest BCUT2D eigenvalue weighted by Gasteiger charge is 2.30. The fraction of sp³-hybridized carbons (Fsp3) is 0.941. The smallest absolute Gasteiger partial charge is 0.239 e. The molecule has 0 radical (unpaired) electrons. The average Bonchev–Trinajstić information content (AvgIpc) is 2.93. The number of carbonyl (C=O) groups excluding carboxylic acids is 1. The summed E-state index contributed by atoms with van der Waals surface area (Å²) in [6.45, 7) is 6.74. The Kier molecular flexibility index (Phi) is 9.83. The van der Waals surface area contributed by atoms with Gasteiger partial charge in [-0.3, -0.25) is 4.79 Å². The molecule has 0 bridgehead atoms. The molecule has 1 amide bonds. The Morgan fingerprint density at radius 1 is 0.913 bits per heavy atom.